The minimum absolute atomic E-state index is 0.284. The fourth-order valence-electron chi connectivity index (χ4n) is 2.57. The standard InChI is InChI=1S/C22H19NO3/c1-15-8-13-20(26-22(24)17-6-4-3-5-7-17)19(14-15)21(23)16-9-11-18(25-2)12-10-16/h3-14,23H,1-2H3. The van der Waals surface area contributed by atoms with Crippen molar-refractivity contribution in [3.63, 3.8) is 0 Å². The maximum absolute atomic E-state index is 12.4. The highest BCUT2D eigenvalue weighted by Crippen LogP contribution is 2.25. The second-order valence-electron chi connectivity index (χ2n) is 5.86. The zero-order valence-corrected chi connectivity index (χ0v) is 14.7. The molecule has 0 spiro atoms. The number of carbonyl (C=O) groups excluding carboxylic acids is 1. The molecule has 0 atom stereocenters. The summed E-state index contributed by atoms with van der Waals surface area (Å²) in [5.74, 6) is 0.644. The van der Waals surface area contributed by atoms with E-state index in [2.05, 4.69) is 0 Å². The van der Waals surface area contributed by atoms with Crippen LogP contribution in [0.2, 0.25) is 0 Å². The van der Waals surface area contributed by atoms with Crippen molar-refractivity contribution in [2.75, 3.05) is 7.11 Å². The maximum atomic E-state index is 12.4. The third-order valence-electron chi connectivity index (χ3n) is 4.00. The predicted molar refractivity (Wildman–Crippen MR) is 102 cm³/mol. The van der Waals surface area contributed by atoms with Crippen LogP contribution >= 0.6 is 0 Å². The second kappa shape index (κ2) is 7.66. The molecular formula is C22H19NO3. The van der Waals surface area contributed by atoms with E-state index in [0.29, 0.717) is 22.4 Å². The Kier molecular flexibility index (Phi) is 5.13. The van der Waals surface area contributed by atoms with Crippen LogP contribution in [0.4, 0.5) is 0 Å². The molecule has 0 saturated carbocycles. The highest BCUT2D eigenvalue weighted by atomic mass is 16.5. The summed E-state index contributed by atoms with van der Waals surface area (Å²) in [6.45, 7) is 1.94. The molecule has 0 aromatic heterocycles. The van der Waals surface area contributed by atoms with Crippen LogP contribution in [0.1, 0.15) is 27.0 Å². The summed E-state index contributed by atoms with van der Waals surface area (Å²) in [6.07, 6.45) is 0. The molecule has 0 aliphatic heterocycles. The fraction of sp³-hybridized carbons (Fsp3) is 0.0909. The molecule has 1 N–H and O–H groups in total. The number of carbonyl (C=O) groups is 1. The summed E-state index contributed by atoms with van der Waals surface area (Å²) >= 11 is 0. The number of methoxy groups -OCH3 is 1. The molecule has 0 radical (unpaired) electrons. The molecular weight excluding hydrogens is 326 g/mol. The summed E-state index contributed by atoms with van der Waals surface area (Å²) in [4.78, 5) is 12.4. The van der Waals surface area contributed by atoms with Crippen LogP contribution in [0.3, 0.4) is 0 Å². The lowest BCUT2D eigenvalue weighted by atomic mass is 9.99. The Hall–Kier alpha value is -3.40. The highest BCUT2D eigenvalue weighted by molar-refractivity contribution is 6.13. The van der Waals surface area contributed by atoms with Crippen LogP contribution in [0.25, 0.3) is 0 Å². The number of hydrogen-bond donors (Lipinski definition) is 1. The quantitative estimate of drug-likeness (QED) is 0.416. The number of esters is 1. The Morgan fingerprint density at radius 1 is 0.885 bits per heavy atom. The van der Waals surface area contributed by atoms with Gasteiger partial charge in [0.1, 0.15) is 11.5 Å². The van der Waals surface area contributed by atoms with Crippen LogP contribution in [0, 0.1) is 12.3 Å². The minimum atomic E-state index is -0.446. The number of benzene rings is 3. The number of hydrogen-bond acceptors (Lipinski definition) is 4. The van der Waals surface area contributed by atoms with Crippen molar-refractivity contribution in [1.82, 2.24) is 0 Å². The topological polar surface area (TPSA) is 59.4 Å². The first-order valence-electron chi connectivity index (χ1n) is 8.19. The van der Waals surface area contributed by atoms with Gasteiger partial charge < -0.3 is 9.47 Å². The van der Waals surface area contributed by atoms with E-state index in [1.54, 1.807) is 49.6 Å². The average Bonchev–Trinajstić information content (AvgIpc) is 2.69. The molecule has 0 bridgehead atoms. The van der Waals surface area contributed by atoms with Gasteiger partial charge >= 0.3 is 5.97 Å². The zero-order valence-electron chi connectivity index (χ0n) is 14.7. The van der Waals surface area contributed by atoms with E-state index in [9.17, 15) is 4.79 Å². The largest absolute Gasteiger partial charge is 0.497 e. The monoisotopic (exact) mass is 345 g/mol. The molecule has 3 aromatic carbocycles. The van der Waals surface area contributed by atoms with Crippen molar-refractivity contribution in [3.05, 3.63) is 95.1 Å². The van der Waals surface area contributed by atoms with Gasteiger partial charge in [-0.05, 0) is 55.5 Å². The number of nitrogens with one attached hydrogen (secondary N) is 1. The molecule has 0 heterocycles. The zero-order chi connectivity index (χ0) is 18.5. The first kappa shape index (κ1) is 17.4. The summed E-state index contributed by atoms with van der Waals surface area (Å²) in [5.41, 5.74) is 3.02. The first-order chi connectivity index (χ1) is 12.6. The van der Waals surface area contributed by atoms with Crippen molar-refractivity contribution in [3.8, 4) is 11.5 Å². The number of ether oxygens (including phenoxy) is 2. The lowest BCUT2D eigenvalue weighted by molar-refractivity contribution is 0.0734. The van der Waals surface area contributed by atoms with Crippen LogP contribution in [-0.2, 0) is 0 Å². The van der Waals surface area contributed by atoms with Crippen LogP contribution < -0.4 is 9.47 Å². The molecule has 0 amide bonds. The van der Waals surface area contributed by atoms with Crippen molar-refractivity contribution >= 4 is 11.7 Å². The summed E-state index contributed by atoms with van der Waals surface area (Å²) in [6, 6.07) is 21.5. The first-order valence-corrected chi connectivity index (χ1v) is 8.19. The van der Waals surface area contributed by atoms with Crippen molar-refractivity contribution in [1.29, 1.82) is 5.41 Å². The van der Waals surface area contributed by atoms with Crippen molar-refractivity contribution in [2.45, 2.75) is 6.92 Å². The van der Waals surface area contributed by atoms with Gasteiger partial charge in [-0.2, -0.15) is 0 Å². The molecule has 0 aliphatic carbocycles. The Labute approximate surface area is 152 Å². The van der Waals surface area contributed by atoms with Crippen molar-refractivity contribution in [2.24, 2.45) is 0 Å². The smallest absolute Gasteiger partial charge is 0.343 e. The van der Waals surface area contributed by atoms with E-state index in [1.165, 1.54) is 0 Å². The van der Waals surface area contributed by atoms with Gasteiger partial charge in [-0.1, -0.05) is 29.8 Å². The van der Waals surface area contributed by atoms with Gasteiger partial charge in [0.2, 0.25) is 0 Å². The molecule has 0 aliphatic rings. The lowest BCUT2D eigenvalue weighted by Gasteiger charge is -2.13. The highest BCUT2D eigenvalue weighted by Gasteiger charge is 2.16. The van der Waals surface area contributed by atoms with Gasteiger partial charge in [-0.3, -0.25) is 5.41 Å². The molecule has 0 saturated heterocycles. The number of aryl methyl sites for hydroxylation is 1. The van der Waals surface area contributed by atoms with E-state index >= 15 is 0 Å². The summed E-state index contributed by atoms with van der Waals surface area (Å²) in [5, 5.41) is 8.55. The molecule has 3 rings (SSSR count). The fourth-order valence-corrected chi connectivity index (χ4v) is 2.57. The predicted octanol–water partition coefficient (Wildman–Crippen LogP) is 4.64. The Morgan fingerprint density at radius 3 is 2.23 bits per heavy atom. The molecule has 0 unspecified atom stereocenters. The molecule has 26 heavy (non-hydrogen) atoms. The second-order valence-corrected chi connectivity index (χ2v) is 5.86. The number of rotatable bonds is 5. The molecule has 3 aromatic rings. The van der Waals surface area contributed by atoms with E-state index in [4.69, 9.17) is 14.9 Å². The SMILES string of the molecule is COc1ccc(C(=N)c2cc(C)ccc2OC(=O)c2ccccc2)cc1. The third-order valence-corrected chi connectivity index (χ3v) is 4.00. The van der Waals surface area contributed by atoms with Gasteiger partial charge in [0.15, 0.2) is 0 Å². The molecule has 130 valence electrons. The van der Waals surface area contributed by atoms with Gasteiger partial charge in [-0.25, -0.2) is 4.79 Å². The van der Waals surface area contributed by atoms with Crippen molar-refractivity contribution < 1.29 is 14.3 Å². The van der Waals surface area contributed by atoms with Gasteiger partial charge in [0.25, 0.3) is 0 Å². The van der Waals surface area contributed by atoms with E-state index < -0.39 is 5.97 Å². The van der Waals surface area contributed by atoms with Gasteiger partial charge in [0, 0.05) is 11.1 Å². The van der Waals surface area contributed by atoms with Crippen LogP contribution in [0.15, 0.2) is 72.8 Å². The summed E-state index contributed by atoms with van der Waals surface area (Å²) < 4.78 is 10.7. The maximum Gasteiger partial charge on any atom is 0.343 e. The van der Waals surface area contributed by atoms with Gasteiger partial charge in [-0.15, -0.1) is 0 Å². The Morgan fingerprint density at radius 2 is 1.58 bits per heavy atom. The Balaban J connectivity index is 1.92. The lowest BCUT2D eigenvalue weighted by Crippen LogP contribution is -2.12. The molecule has 4 heteroatoms. The van der Waals surface area contributed by atoms with E-state index in [0.717, 1.165) is 11.3 Å². The van der Waals surface area contributed by atoms with E-state index in [1.807, 2.05) is 37.3 Å². The Bertz CT molecular complexity index is 931. The molecule has 4 nitrogen and oxygen atoms in total. The van der Waals surface area contributed by atoms with Crippen LogP contribution in [0.5, 0.6) is 11.5 Å². The normalized spacial score (nSPS) is 10.2. The van der Waals surface area contributed by atoms with Gasteiger partial charge in [0.05, 0.1) is 18.4 Å². The molecule has 0 fully saturated rings. The van der Waals surface area contributed by atoms with Crippen LogP contribution in [-0.4, -0.2) is 18.8 Å². The van der Waals surface area contributed by atoms with E-state index in [-0.39, 0.29) is 5.71 Å². The average molecular weight is 345 g/mol. The third kappa shape index (κ3) is 3.81. The minimum Gasteiger partial charge on any atom is -0.497 e. The summed E-state index contributed by atoms with van der Waals surface area (Å²) in [7, 11) is 1.60.